The van der Waals surface area contributed by atoms with Crippen molar-refractivity contribution in [2.24, 2.45) is 0 Å². The minimum absolute atomic E-state index is 0.147. The minimum atomic E-state index is -2.79. The molecule has 0 aliphatic heterocycles. The lowest BCUT2D eigenvalue weighted by molar-refractivity contribution is -0.354. The van der Waals surface area contributed by atoms with Gasteiger partial charge in [-0.2, -0.15) is 0 Å². The molecule has 0 heterocycles. The number of rotatable bonds is 18. The van der Waals surface area contributed by atoms with E-state index < -0.39 is 18.0 Å². The summed E-state index contributed by atoms with van der Waals surface area (Å²) in [6.07, 6.45) is 17.4. The maximum atomic E-state index is 11.4. The largest absolute Gasteiger partial charge is 0.406 e. The van der Waals surface area contributed by atoms with Crippen LogP contribution in [0, 0.1) is 0 Å². The highest BCUT2D eigenvalue weighted by Gasteiger charge is 2.34. The van der Waals surface area contributed by atoms with Gasteiger partial charge in [-0.15, -0.1) is 0 Å². The summed E-state index contributed by atoms with van der Waals surface area (Å²) in [5.41, 5.74) is 0. The second-order valence-electron chi connectivity index (χ2n) is 7.51. The monoisotopic (exact) mass is 374 g/mol. The van der Waals surface area contributed by atoms with Crippen molar-refractivity contribution >= 4 is 5.97 Å². The van der Waals surface area contributed by atoms with E-state index in [1.807, 2.05) is 0 Å². The number of hydrogen-bond acceptors (Lipinski definition) is 5. The van der Waals surface area contributed by atoms with Gasteiger partial charge in [-0.25, -0.2) is 0 Å². The van der Waals surface area contributed by atoms with Crippen LogP contribution in [0.25, 0.3) is 0 Å². The molecule has 0 aromatic rings. The first-order valence-corrected chi connectivity index (χ1v) is 10.7. The van der Waals surface area contributed by atoms with Crippen LogP contribution in [0.3, 0.4) is 0 Å². The third kappa shape index (κ3) is 15.6. The predicted molar refractivity (Wildman–Crippen MR) is 104 cm³/mol. The summed E-state index contributed by atoms with van der Waals surface area (Å²) in [6.45, 7) is 3.41. The maximum absolute atomic E-state index is 11.4. The molecule has 0 saturated carbocycles. The predicted octanol–water partition coefficient (Wildman–Crippen LogP) is 4.81. The number of unbranched alkanes of at least 4 members (excludes halogenated alkanes) is 14. The summed E-state index contributed by atoms with van der Waals surface area (Å²) < 4.78 is 4.44. The van der Waals surface area contributed by atoms with Gasteiger partial charge >= 0.3 is 11.9 Å². The van der Waals surface area contributed by atoms with Gasteiger partial charge in [0.05, 0.1) is 0 Å². The highest BCUT2D eigenvalue weighted by atomic mass is 16.8. The normalized spacial score (nSPS) is 13.0. The van der Waals surface area contributed by atoms with Gasteiger partial charge in [0.25, 0.3) is 0 Å². The van der Waals surface area contributed by atoms with E-state index in [0.717, 1.165) is 19.8 Å². The molecule has 0 radical (unpaired) electrons. The molecule has 0 aliphatic carbocycles. The SMILES string of the molecule is CCCCCCCCCCCCCCCCCC(=O)OC(O)(O)C(C)O. The number of carbonyl (C=O) groups is 1. The summed E-state index contributed by atoms with van der Waals surface area (Å²) in [7, 11) is 0. The van der Waals surface area contributed by atoms with Crippen LogP contribution in [0.2, 0.25) is 0 Å². The topological polar surface area (TPSA) is 87.0 Å². The average molecular weight is 375 g/mol. The summed E-state index contributed by atoms with van der Waals surface area (Å²) in [5, 5.41) is 27.6. The van der Waals surface area contributed by atoms with Crippen LogP contribution in [0.1, 0.15) is 117 Å². The Labute approximate surface area is 160 Å². The van der Waals surface area contributed by atoms with Gasteiger partial charge in [-0.05, 0) is 13.3 Å². The molecule has 0 bridgehead atoms. The van der Waals surface area contributed by atoms with Gasteiger partial charge in [0.2, 0.25) is 0 Å². The molecule has 0 fully saturated rings. The van der Waals surface area contributed by atoms with Crippen molar-refractivity contribution < 1.29 is 24.9 Å². The van der Waals surface area contributed by atoms with E-state index >= 15 is 0 Å². The molecular formula is C21H42O5. The van der Waals surface area contributed by atoms with Gasteiger partial charge in [-0.3, -0.25) is 4.79 Å². The summed E-state index contributed by atoms with van der Waals surface area (Å²) >= 11 is 0. The van der Waals surface area contributed by atoms with E-state index in [2.05, 4.69) is 11.7 Å². The molecule has 0 saturated heterocycles. The molecule has 3 N–H and O–H groups in total. The lowest BCUT2D eigenvalue weighted by atomic mass is 10.0. The lowest BCUT2D eigenvalue weighted by Gasteiger charge is -2.23. The number of esters is 1. The number of aliphatic hydroxyl groups excluding tert-OH is 1. The molecule has 1 unspecified atom stereocenters. The van der Waals surface area contributed by atoms with Crippen molar-refractivity contribution in [3.05, 3.63) is 0 Å². The van der Waals surface area contributed by atoms with Gasteiger partial charge in [0.1, 0.15) is 6.10 Å². The maximum Gasteiger partial charge on any atom is 0.351 e. The summed E-state index contributed by atoms with van der Waals surface area (Å²) in [4.78, 5) is 11.4. The molecule has 0 aromatic carbocycles. The second-order valence-corrected chi connectivity index (χ2v) is 7.51. The molecule has 0 spiro atoms. The Balaban J connectivity index is 3.28. The van der Waals surface area contributed by atoms with Crippen LogP contribution in [0.15, 0.2) is 0 Å². The van der Waals surface area contributed by atoms with Gasteiger partial charge < -0.3 is 20.1 Å². The summed E-state index contributed by atoms with van der Waals surface area (Å²) in [5.74, 6) is -3.47. The van der Waals surface area contributed by atoms with E-state index in [9.17, 15) is 15.0 Å². The summed E-state index contributed by atoms with van der Waals surface area (Å²) in [6, 6.07) is 0. The zero-order valence-corrected chi connectivity index (χ0v) is 17.0. The first-order chi connectivity index (χ1) is 12.4. The van der Waals surface area contributed by atoms with Gasteiger partial charge in [-0.1, -0.05) is 96.8 Å². The zero-order chi connectivity index (χ0) is 19.7. The fourth-order valence-electron chi connectivity index (χ4n) is 2.94. The van der Waals surface area contributed by atoms with E-state index in [-0.39, 0.29) is 6.42 Å². The highest BCUT2D eigenvalue weighted by molar-refractivity contribution is 5.69. The van der Waals surface area contributed by atoms with E-state index in [4.69, 9.17) is 5.11 Å². The van der Waals surface area contributed by atoms with Crippen molar-refractivity contribution in [1.29, 1.82) is 0 Å². The van der Waals surface area contributed by atoms with E-state index in [0.29, 0.717) is 6.42 Å². The first-order valence-electron chi connectivity index (χ1n) is 10.7. The zero-order valence-electron chi connectivity index (χ0n) is 17.0. The van der Waals surface area contributed by atoms with Gasteiger partial charge in [0, 0.05) is 6.42 Å². The molecular weight excluding hydrogens is 332 g/mol. The molecule has 0 aliphatic rings. The third-order valence-electron chi connectivity index (χ3n) is 4.79. The minimum Gasteiger partial charge on any atom is -0.406 e. The van der Waals surface area contributed by atoms with Crippen molar-refractivity contribution in [3.63, 3.8) is 0 Å². The highest BCUT2D eigenvalue weighted by Crippen LogP contribution is 2.15. The van der Waals surface area contributed by atoms with Crippen LogP contribution in [-0.2, 0) is 9.53 Å². The Hall–Kier alpha value is -0.650. The number of aliphatic hydroxyl groups is 3. The fraction of sp³-hybridized carbons (Fsp3) is 0.952. The Morgan fingerprint density at radius 1 is 0.769 bits per heavy atom. The van der Waals surface area contributed by atoms with Crippen molar-refractivity contribution in [1.82, 2.24) is 0 Å². The van der Waals surface area contributed by atoms with Crippen molar-refractivity contribution in [2.45, 2.75) is 129 Å². The third-order valence-corrected chi connectivity index (χ3v) is 4.79. The second kappa shape index (κ2) is 16.5. The number of hydrogen-bond donors (Lipinski definition) is 3. The van der Waals surface area contributed by atoms with Crippen LogP contribution < -0.4 is 0 Å². The first kappa shape index (κ1) is 25.4. The quantitative estimate of drug-likeness (QED) is 0.182. The lowest BCUT2D eigenvalue weighted by Crippen LogP contribution is -2.44. The Morgan fingerprint density at radius 3 is 1.46 bits per heavy atom. The van der Waals surface area contributed by atoms with Crippen LogP contribution >= 0.6 is 0 Å². The van der Waals surface area contributed by atoms with Crippen molar-refractivity contribution in [3.8, 4) is 0 Å². The Bertz CT molecular complexity index is 328. The van der Waals surface area contributed by atoms with Crippen LogP contribution in [-0.4, -0.2) is 33.4 Å². The Morgan fingerprint density at radius 2 is 1.12 bits per heavy atom. The molecule has 1 atom stereocenters. The number of ether oxygens (including phenoxy) is 1. The van der Waals surface area contributed by atoms with E-state index in [1.165, 1.54) is 77.0 Å². The molecule has 26 heavy (non-hydrogen) atoms. The fourth-order valence-corrected chi connectivity index (χ4v) is 2.94. The van der Waals surface area contributed by atoms with E-state index in [1.54, 1.807) is 0 Å². The molecule has 5 heteroatoms. The Kier molecular flexibility index (Phi) is 16.1. The van der Waals surface area contributed by atoms with Crippen LogP contribution in [0.4, 0.5) is 0 Å². The van der Waals surface area contributed by atoms with Crippen LogP contribution in [0.5, 0.6) is 0 Å². The average Bonchev–Trinajstić information content (AvgIpc) is 2.57. The molecule has 0 amide bonds. The molecule has 156 valence electrons. The smallest absolute Gasteiger partial charge is 0.351 e. The van der Waals surface area contributed by atoms with Gasteiger partial charge in [0.15, 0.2) is 0 Å². The molecule has 5 nitrogen and oxygen atoms in total. The van der Waals surface area contributed by atoms with Crippen molar-refractivity contribution in [2.75, 3.05) is 0 Å². The number of carbonyl (C=O) groups excluding carboxylic acids is 1. The standard InChI is InChI=1S/C21H42O5/c1-3-4-5-6-7-8-9-10-11-12-13-14-15-16-17-18-20(23)26-21(24,25)19(2)22/h19,22,24-25H,3-18H2,1-2H3. The molecule has 0 rings (SSSR count). The molecule has 0 aromatic heterocycles.